The van der Waals surface area contributed by atoms with Crippen LogP contribution in [0, 0.1) is 0 Å². The first-order chi connectivity index (χ1) is 2.00. The largest absolute Gasteiger partial charge is 0.466 e. The Bertz CT molecular complexity index is 58.7. The van der Waals surface area contributed by atoms with Crippen LogP contribution in [0.15, 0.2) is 0 Å². The first kappa shape index (κ1) is 29.5. The molecule has 0 bridgehead atoms. The summed E-state index contributed by atoms with van der Waals surface area (Å²) in [6.07, 6.45) is 0. The summed E-state index contributed by atoms with van der Waals surface area (Å²) in [6, 6.07) is 0. The molecule has 0 saturated carbocycles. The number of hydrogen-bond donors (Lipinski definition) is 3. The summed E-state index contributed by atoms with van der Waals surface area (Å²) >= 11 is 0. The smallest absolute Gasteiger partial charge is 0.303 e. The Morgan fingerprint density at radius 1 is 0.778 bits per heavy atom. The van der Waals surface area contributed by atoms with Crippen molar-refractivity contribution in [2.45, 2.75) is 0 Å². The molecule has 0 saturated heterocycles. The average molecular weight is 203 g/mol. The summed E-state index contributed by atoms with van der Waals surface area (Å²) in [5.74, 6) is 0. The fourth-order valence-corrected chi connectivity index (χ4v) is 0. The fraction of sp³-hybridized carbons (Fsp3) is 0. The maximum atomic E-state index is 8.88. The van der Waals surface area contributed by atoms with Gasteiger partial charge in [0, 0.05) is 0 Å². The van der Waals surface area contributed by atoms with Crippen molar-refractivity contribution in [3.63, 3.8) is 0 Å². The lowest BCUT2D eigenvalue weighted by atomic mass is 15.8. The highest BCUT2D eigenvalue weighted by atomic mass is 31.2. The maximum absolute atomic E-state index is 8.88. The second-order valence-corrected chi connectivity index (χ2v) is 1.54. The van der Waals surface area contributed by atoms with Crippen LogP contribution in [0.4, 0.5) is 0 Å². The zero-order valence-electron chi connectivity index (χ0n) is 2.20. The molecule has 0 unspecified atom stereocenters. The van der Waals surface area contributed by atoms with Crippen molar-refractivity contribution in [2.24, 2.45) is 0 Å². The van der Waals surface area contributed by atoms with Gasteiger partial charge < -0.3 is 14.7 Å². The van der Waals surface area contributed by atoms with Crippen molar-refractivity contribution >= 4 is 100 Å². The Labute approximate surface area is 117 Å². The molecule has 0 atom stereocenters. The molecular formula is H11Mg4O4P. The van der Waals surface area contributed by atoms with Crippen LogP contribution in [-0.2, 0) is 4.57 Å². The summed E-state index contributed by atoms with van der Waals surface area (Å²) in [6.45, 7) is 0. The molecule has 9 heteroatoms. The van der Waals surface area contributed by atoms with Crippen LogP contribution in [0.2, 0.25) is 0 Å². The summed E-state index contributed by atoms with van der Waals surface area (Å²) in [5.41, 5.74) is 0. The van der Waals surface area contributed by atoms with Crippen molar-refractivity contribution in [2.75, 3.05) is 0 Å². The summed E-state index contributed by atoms with van der Waals surface area (Å²) in [5, 5.41) is 0. The zero-order chi connectivity index (χ0) is 4.50. The zero-order valence-corrected chi connectivity index (χ0v) is 3.09. The van der Waals surface area contributed by atoms with Gasteiger partial charge in [0.25, 0.3) is 0 Å². The van der Waals surface area contributed by atoms with E-state index in [0.29, 0.717) is 0 Å². The van der Waals surface area contributed by atoms with E-state index in [-0.39, 0.29) is 92.2 Å². The molecule has 0 aromatic rings. The molecule has 0 spiro atoms. The Hall–Kier alpha value is 3.17. The molecule has 0 aliphatic heterocycles. The standard InChI is InChI=1S/4Mg.H3O4P.8H/c;;;;1-5(2,3)4;;;;;;;;/h;;;;(H3,1,2,3,4);;;;;;;;. The molecule has 0 aromatic carbocycles. The molecule has 0 radical (unpaired) electrons. The van der Waals surface area contributed by atoms with Crippen LogP contribution in [0.1, 0.15) is 0 Å². The van der Waals surface area contributed by atoms with Crippen molar-refractivity contribution in [3.8, 4) is 0 Å². The van der Waals surface area contributed by atoms with Crippen molar-refractivity contribution in [1.29, 1.82) is 0 Å². The molecule has 0 fully saturated rings. The van der Waals surface area contributed by atoms with Gasteiger partial charge in [-0.05, 0) is 0 Å². The predicted octanol–water partition coefficient (Wildman–Crippen LogP) is -4.59. The van der Waals surface area contributed by atoms with Crippen LogP contribution in [-0.4, -0.2) is 107 Å². The van der Waals surface area contributed by atoms with Gasteiger partial charge in [0.2, 0.25) is 0 Å². The summed E-state index contributed by atoms with van der Waals surface area (Å²) in [7, 11) is -4.64. The van der Waals surface area contributed by atoms with Gasteiger partial charge >= 0.3 is 100 Å². The van der Waals surface area contributed by atoms with Crippen LogP contribution >= 0.6 is 7.82 Å². The molecule has 0 heterocycles. The van der Waals surface area contributed by atoms with Crippen molar-refractivity contribution in [3.05, 3.63) is 0 Å². The molecule has 9 heavy (non-hydrogen) atoms. The number of phosphoric acid groups is 1. The van der Waals surface area contributed by atoms with Gasteiger partial charge in [-0.2, -0.15) is 0 Å². The van der Waals surface area contributed by atoms with Crippen LogP contribution in [0.25, 0.3) is 0 Å². The van der Waals surface area contributed by atoms with E-state index < -0.39 is 7.82 Å². The number of rotatable bonds is 0. The minimum Gasteiger partial charge on any atom is -0.303 e. The monoisotopic (exact) mass is 202 g/mol. The Morgan fingerprint density at radius 3 is 0.778 bits per heavy atom. The Balaban J connectivity index is -0.0000000133. The van der Waals surface area contributed by atoms with Crippen LogP contribution < -0.4 is 0 Å². The molecule has 0 aliphatic carbocycles. The fourth-order valence-electron chi connectivity index (χ4n) is 0. The van der Waals surface area contributed by atoms with Gasteiger partial charge in [-0.15, -0.1) is 0 Å². The minimum atomic E-state index is -4.64. The Morgan fingerprint density at radius 2 is 0.778 bits per heavy atom. The van der Waals surface area contributed by atoms with Gasteiger partial charge in [0.05, 0.1) is 0 Å². The van der Waals surface area contributed by atoms with E-state index in [2.05, 4.69) is 0 Å². The lowest BCUT2D eigenvalue weighted by Gasteiger charge is -1.82. The van der Waals surface area contributed by atoms with E-state index >= 15 is 0 Å². The molecule has 48 valence electrons. The number of hydrogen-bond acceptors (Lipinski definition) is 1. The summed E-state index contributed by atoms with van der Waals surface area (Å²) in [4.78, 5) is 21.6. The Kier molecular flexibility index (Phi) is 45.1. The van der Waals surface area contributed by atoms with E-state index in [4.69, 9.17) is 19.2 Å². The highest BCUT2D eigenvalue weighted by molar-refractivity contribution is 7.45. The topological polar surface area (TPSA) is 77.8 Å². The lowest BCUT2D eigenvalue weighted by Crippen LogP contribution is -1.66. The van der Waals surface area contributed by atoms with E-state index in [1.807, 2.05) is 0 Å². The van der Waals surface area contributed by atoms with E-state index in [9.17, 15) is 0 Å². The third-order valence-electron chi connectivity index (χ3n) is 0. The second kappa shape index (κ2) is 13.7. The molecule has 3 N–H and O–H groups in total. The molecule has 0 aliphatic rings. The third kappa shape index (κ3) is 93.3. The van der Waals surface area contributed by atoms with Gasteiger partial charge in [0.15, 0.2) is 0 Å². The summed E-state index contributed by atoms with van der Waals surface area (Å²) < 4.78 is 8.88. The van der Waals surface area contributed by atoms with Crippen molar-refractivity contribution in [1.82, 2.24) is 0 Å². The lowest BCUT2D eigenvalue weighted by molar-refractivity contribution is 0.275. The maximum Gasteiger partial charge on any atom is 0.466 e. The molecule has 0 amide bonds. The SMILES string of the molecule is O=P(O)(O)O.[MgH2].[MgH2].[MgH2].[MgH2]. The quantitative estimate of drug-likeness (QED) is 0.273. The van der Waals surface area contributed by atoms with E-state index in [1.54, 1.807) is 0 Å². The van der Waals surface area contributed by atoms with Gasteiger partial charge in [-0.1, -0.05) is 0 Å². The first-order valence-corrected chi connectivity index (χ1v) is 2.35. The minimum absolute atomic E-state index is 0. The predicted molar refractivity (Wildman–Crippen MR) is 48.4 cm³/mol. The molecule has 0 aromatic heterocycles. The van der Waals surface area contributed by atoms with Gasteiger partial charge in [-0.25, -0.2) is 4.57 Å². The first-order valence-electron chi connectivity index (χ1n) is 0.783. The van der Waals surface area contributed by atoms with Crippen molar-refractivity contribution < 1.29 is 19.2 Å². The third-order valence-corrected chi connectivity index (χ3v) is 0. The molecule has 4 nitrogen and oxygen atoms in total. The molecular weight excluding hydrogens is 192 g/mol. The average Bonchev–Trinajstić information content (AvgIpc) is 0.722. The molecule has 0 rings (SSSR count). The normalized spacial score (nSPS) is 6.56. The highest BCUT2D eigenvalue weighted by Gasteiger charge is 2.00. The van der Waals surface area contributed by atoms with E-state index in [0.717, 1.165) is 0 Å². The van der Waals surface area contributed by atoms with Crippen LogP contribution in [0.5, 0.6) is 0 Å². The second-order valence-electron chi connectivity index (χ2n) is 0.513. The van der Waals surface area contributed by atoms with Crippen LogP contribution in [0.3, 0.4) is 0 Å². The van der Waals surface area contributed by atoms with Gasteiger partial charge in [0.1, 0.15) is 0 Å². The highest BCUT2D eigenvalue weighted by Crippen LogP contribution is 2.25. The van der Waals surface area contributed by atoms with E-state index in [1.165, 1.54) is 0 Å². The van der Waals surface area contributed by atoms with Gasteiger partial charge in [-0.3, -0.25) is 0 Å².